The van der Waals surface area contributed by atoms with Crippen molar-refractivity contribution in [3.63, 3.8) is 0 Å². The fourth-order valence-corrected chi connectivity index (χ4v) is 3.31. The number of nitriles is 1. The van der Waals surface area contributed by atoms with Crippen molar-refractivity contribution < 1.29 is 4.79 Å². The Hall–Kier alpha value is -1.90. The molecule has 0 bridgehead atoms. The lowest BCUT2D eigenvalue weighted by Crippen LogP contribution is -2.52. The van der Waals surface area contributed by atoms with E-state index in [4.69, 9.17) is 5.26 Å². The summed E-state index contributed by atoms with van der Waals surface area (Å²) in [6.45, 7) is 4.31. The Morgan fingerprint density at radius 2 is 1.92 bits per heavy atom. The molecule has 1 aliphatic heterocycles. The van der Waals surface area contributed by atoms with E-state index in [0.29, 0.717) is 19.0 Å². The number of carbonyl (C=O) groups excluding carboxylic acids is 1. The van der Waals surface area contributed by atoms with Gasteiger partial charge in [0.2, 0.25) is 5.91 Å². The Morgan fingerprint density at radius 1 is 1.29 bits per heavy atom. The molecule has 0 radical (unpaired) electrons. The minimum Gasteiger partial charge on any atom is -0.310 e. The second-order valence-electron chi connectivity index (χ2n) is 6.64. The molecule has 24 heavy (non-hydrogen) atoms. The van der Waals surface area contributed by atoms with E-state index in [9.17, 15) is 4.79 Å². The molecule has 5 nitrogen and oxygen atoms in total. The maximum Gasteiger partial charge on any atom is 0.244 e. The lowest BCUT2D eigenvalue weighted by molar-refractivity contribution is -0.123. The zero-order valence-corrected chi connectivity index (χ0v) is 15.0. The summed E-state index contributed by atoms with van der Waals surface area (Å²) in [6, 6.07) is 12.2. The van der Waals surface area contributed by atoms with E-state index in [1.165, 1.54) is 0 Å². The summed E-state index contributed by atoms with van der Waals surface area (Å²) in [6.07, 6.45) is 2.53. The highest BCUT2D eigenvalue weighted by Gasteiger charge is 2.30. The van der Waals surface area contributed by atoms with Crippen LogP contribution in [0, 0.1) is 11.3 Å². The topological polar surface area (TPSA) is 50.6 Å². The highest BCUT2D eigenvalue weighted by Crippen LogP contribution is 2.20. The van der Waals surface area contributed by atoms with E-state index in [2.05, 4.69) is 30.0 Å². The van der Waals surface area contributed by atoms with E-state index in [1.807, 2.05) is 37.3 Å². The monoisotopic (exact) mass is 328 g/mol. The van der Waals surface area contributed by atoms with Gasteiger partial charge in [0.1, 0.15) is 0 Å². The lowest BCUT2D eigenvalue weighted by Gasteiger charge is -2.39. The third-order valence-electron chi connectivity index (χ3n) is 4.92. The first kappa shape index (κ1) is 18.4. The summed E-state index contributed by atoms with van der Waals surface area (Å²) in [7, 11) is 4.24. The Morgan fingerprint density at radius 3 is 2.46 bits per heavy atom. The molecule has 0 saturated carbocycles. The number of anilines is 1. The first-order chi connectivity index (χ1) is 11.5. The summed E-state index contributed by atoms with van der Waals surface area (Å²) in [4.78, 5) is 19.3. The molecule has 2 rings (SSSR count). The molecule has 0 spiro atoms. The fraction of sp³-hybridized carbons (Fsp3) is 0.579. The molecule has 1 aliphatic rings. The summed E-state index contributed by atoms with van der Waals surface area (Å²) >= 11 is 0. The van der Waals surface area contributed by atoms with Crippen LogP contribution in [-0.2, 0) is 4.79 Å². The van der Waals surface area contributed by atoms with Crippen molar-refractivity contribution in [2.75, 3.05) is 38.6 Å². The molecule has 1 aromatic carbocycles. The van der Waals surface area contributed by atoms with Gasteiger partial charge < -0.3 is 9.80 Å². The maximum atomic E-state index is 13.0. The molecule has 0 aromatic heterocycles. The average molecular weight is 328 g/mol. The molecular formula is C19H28N4O. The molecule has 0 unspecified atom stereocenters. The van der Waals surface area contributed by atoms with E-state index < -0.39 is 0 Å². The highest BCUT2D eigenvalue weighted by atomic mass is 16.2. The van der Waals surface area contributed by atoms with Crippen LogP contribution >= 0.6 is 0 Å². The smallest absolute Gasteiger partial charge is 0.244 e. The predicted molar refractivity (Wildman–Crippen MR) is 96.8 cm³/mol. The molecule has 1 amide bonds. The zero-order valence-electron chi connectivity index (χ0n) is 15.0. The molecule has 0 aliphatic carbocycles. The van der Waals surface area contributed by atoms with Gasteiger partial charge in [0, 0.05) is 31.4 Å². The third kappa shape index (κ3) is 4.56. The number of nitrogens with zero attached hydrogens (tertiary/aromatic N) is 4. The van der Waals surface area contributed by atoms with E-state index in [-0.39, 0.29) is 11.9 Å². The van der Waals surface area contributed by atoms with Gasteiger partial charge in [-0.1, -0.05) is 18.2 Å². The normalized spacial score (nSPS) is 17.5. The van der Waals surface area contributed by atoms with Crippen LogP contribution in [0.25, 0.3) is 0 Å². The number of benzene rings is 1. The Bertz CT molecular complexity index is 558. The van der Waals surface area contributed by atoms with Crippen LogP contribution in [0.1, 0.15) is 26.2 Å². The quantitative estimate of drug-likeness (QED) is 0.804. The molecule has 130 valence electrons. The van der Waals surface area contributed by atoms with Crippen molar-refractivity contribution in [2.24, 2.45) is 0 Å². The lowest BCUT2D eigenvalue weighted by atomic mass is 10.0. The van der Waals surface area contributed by atoms with Crippen LogP contribution in [0.4, 0.5) is 5.69 Å². The van der Waals surface area contributed by atoms with E-state index >= 15 is 0 Å². The van der Waals surface area contributed by atoms with Gasteiger partial charge in [-0.3, -0.25) is 9.69 Å². The van der Waals surface area contributed by atoms with Gasteiger partial charge in [-0.25, -0.2) is 0 Å². The Labute approximate surface area is 145 Å². The summed E-state index contributed by atoms with van der Waals surface area (Å²) in [5.41, 5.74) is 0.868. The van der Waals surface area contributed by atoms with Crippen LogP contribution in [0.15, 0.2) is 30.3 Å². The van der Waals surface area contributed by atoms with Gasteiger partial charge in [-0.15, -0.1) is 0 Å². The van der Waals surface area contributed by atoms with E-state index in [1.54, 1.807) is 4.90 Å². The van der Waals surface area contributed by atoms with Crippen molar-refractivity contribution in [2.45, 2.75) is 38.3 Å². The van der Waals surface area contributed by atoms with Gasteiger partial charge in [0.25, 0.3) is 0 Å². The summed E-state index contributed by atoms with van der Waals surface area (Å²) in [5.74, 6) is 0.0831. The minimum atomic E-state index is -0.160. The number of amides is 1. The molecule has 1 saturated heterocycles. The SMILES string of the molecule is C[C@H](C(=O)N(CCC#N)c1ccccc1)N1CCC(N(C)C)CC1. The largest absolute Gasteiger partial charge is 0.310 e. The van der Waals surface area contributed by atoms with Crippen LogP contribution in [0.5, 0.6) is 0 Å². The predicted octanol–water partition coefficient (Wildman–Crippen LogP) is 2.35. The van der Waals surface area contributed by atoms with Crippen LogP contribution in [0.3, 0.4) is 0 Å². The minimum absolute atomic E-state index is 0.0831. The molecule has 0 N–H and O–H groups in total. The van der Waals surface area contributed by atoms with Crippen molar-refractivity contribution >= 4 is 11.6 Å². The second kappa shape index (κ2) is 8.81. The standard InChI is InChI=1S/C19H28N4O/c1-16(22-14-10-17(11-15-22)21(2)3)19(24)23(13-7-12-20)18-8-5-4-6-9-18/h4-6,8-9,16-17H,7,10-11,13-15H2,1-3H3/t16-/m1/s1. The van der Waals surface area contributed by atoms with Crippen molar-refractivity contribution in [1.82, 2.24) is 9.80 Å². The van der Waals surface area contributed by atoms with Gasteiger partial charge in [-0.2, -0.15) is 5.26 Å². The van der Waals surface area contributed by atoms with Crippen molar-refractivity contribution in [1.29, 1.82) is 5.26 Å². The summed E-state index contributed by atoms with van der Waals surface area (Å²) in [5, 5.41) is 8.91. The molecule has 1 fully saturated rings. The van der Waals surface area contributed by atoms with E-state index in [0.717, 1.165) is 31.6 Å². The van der Waals surface area contributed by atoms with Crippen LogP contribution in [-0.4, -0.2) is 61.5 Å². The molecule has 1 aromatic rings. The van der Waals surface area contributed by atoms with Gasteiger partial charge in [0.15, 0.2) is 0 Å². The Kier molecular flexibility index (Phi) is 6.77. The van der Waals surface area contributed by atoms with Crippen LogP contribution in [0.2, 0.25) is 0 Å². The highest BCUT2D eigenvalue weighted by molar-refractivity contribution is 5.96. The number of carbonyl (C=O) groups is 1. The third-order valence-corrected chi connectivity index (χ3v) is 4.92. The number of hydrogen-bond acceptors (Lipinski definition) is 4. The average Bonchev–Trinajstić information content (AvgIpc) is 2.62. The number of rotatable bonds is 6. The summed E-state index contributed by atoms with van der Waals surface area (Å²) < 4.78 is 0. The van der Waals surface area contributed by atoms with Crippen LogP contribution < -0.4 is 4.90 Å². The number of likely N-dealkylation sites (tertiary alicyclic amines) is 1. The number of para-hydroxylation sites is 1. The number of piperidine rings is 1. The molecule has 1 heterocycles. The van der Waals surface area contributed by atoms with Gasteiger partial charge >= 0.3 is 0 Å². The first-order valence-corrected chi connectivity index (χ1v) is 8.68. The van der Waals surface area contributed by atoms with Crippen molar-refractivity contribution in [3.05, 3.63) is 30.3 Å². The fourth-order valence-electron chi connectivity index (χ4n) is 3.31. The molecule has 1 atom stereocenters. The van der Waals surface area contributed by atoms with Gasteiger partial charge in [0.05, 0.1) is 18.5 Å². The number of hydrogen-bond donors (Lipinski definition) is 0. The maximum absolute atomic E-state index is 13.0. The van der Waals surface area contributed by atoms with Crippen molar-refractivity contribution in [3.8, 4) is 6.07 Å². The van der Waals surface area contributed by atoms with Gasteiger partial charge in [-0.05, 0) is 46.0 Å². The zero-order chi connectivity index (χ0) is 17.5. The molecule has 5 heteroatoms. The first-order valence-electron chi connectivity index (χ1n) is 8.68. The Balaban J connectivity index is 2.05. The second-order valence-corrected chi connectivity index (χ2v) is 6.64. The molecular weight excluding hydrogens is 300 g/mol.